The zero-order chi connectivity index (χ0) is 11.7. The van der Waals surface area contributed by atoms with Crippen molar-refractivity contribution in [3.8, 4) is 0 Å². The Morgan fingerprint density at radius 3 is 2.13 bits per heavy atom. The molecule has 84 valence electrons. The molecule has 0 saturated carbocycles. The summed E-state index contributed by atoms with van der Waals surface area (Å²) in [5.74, 6) is 0.418. The van der Waals surface area contributed by atoms with Gasteiger partial charge in [0, 0.05) is 18.3 Å². The fraction of sp³-hybridized carbons (Fsp3) is 0.643. The average Bonchev–Trinajstić information content (AvgIpc) is 2.24. The molecular weight excluding hydrogens is 182 g/mol. The van der Waals surface area contributed by atoms with E-state index in [4.69, 9.17) is 0 Å². The Balaban J connectivity index is 3.05. The van der Waals surface area contributed by atoms with Gasteiger partial charge in [0.1, 0.15) is 0 Å². The van der Waals surface area contributed by atoms with Crippen molar-refractivity contribution in [2.75, 3.05) is 0 Å². The first-order valence-electron chi connectivity index (χ1n) is 5.63. The molecule has 1 aliphatic heterocycles. The van der Waals surface area contributed by atoms with Crippen LogP contribution in [0.4, 0.5) is 0 Å². The van der Waals surface area contributed by atoms with E-state index < -0.39 is 0 Å². The Bertz CT molecular complexity index is 305. The van der Waals surface area contributed by atoms with Gasteiger partial charge >= 0.3 is 0 Å². The van der Waals surface area contributed by atoms with E-state index >= 15 is 0 Å². The molecule has 1 unspecified atom stereocenters. The van der Waals surface area contributed by atoms with Gasteiger partial charge in [-0.25, -0.2) is 0 Å². The second-order valence-corrected chi connectivity index (χ2v) is 6.38. The molecule has 0 aliphatic carbocycles. The summed E-state index contributed by atoms with van der Waals surface area (Å²) < 4.78 is 0. The van der Waals surface area contributed by atoms with E-state index in [0.717, 1.165) is 0 Å². The van der Waals surface area contributed by atoms with Crippen LogP contribution in [-0.2, 0) is 0 Å². The molecule has 0 aromatic rings. The first kappa shape index (κ1) is 12.2. The van der Waals surface area contributed by atoms with Crippen molar-refractivity contribution in [1.29, 1.82) is 0 Å². The van der Waals surface area contributed by atoms with Crippen molar-refractivity contribution < 1.29 is 0 Å². The number of allylic oxidation sites excluding steroid dienone is 3. The minimum atomic E-state index is 0.202. The molecule has 0 aromatic heterocycles. The molecular formula is C14H23N. The van der Waals surface area contributed by atoms with Gasteiger partial charge in [0.05, 0.1) is 0 Å². The van der Waals surface area contributed by atoms with E-state index in [2.05, 4.69) is 64.9 Å². The highest BCUT2D eigenvalue weighted by Crippen LogP contribution is 2.33. The predicted octanol–water partition coefficient (Wildman–Crippen LogP) is 4.22. The van der Waals surface area contributed by atoms with Gasteiger partial charge in [-0.15, -0.1) is 0 Å². The Morgan fingerprint density at radius 2 is 1.67 bits per heavy atom. The summed E-state index contributed by atoms with van der Waals surface area (Å²) in [6.07, 6.45) is 8.44. The SMILES string of the molecule is CC(C)(C)C1=CC(C(C)(C)C)C=NC=C1. The van der Waals surface area contributed by atoms with E-state index in [0.29, 0.717) is 5.92 Å². The Morgan fingerprint density at radius 1 is 1.07 bits per heavy atom. The molecule has 0 fully saturated rings. The summed E-state index contributed by atoms with van der Waals surface area (Å²) in [4.78, 5) is 4.32. The molecule has 0 aromatic carbocycles. The van der Waals surface area contributed by atoms with E-state index in [1.807, 2.05) is 6.20 Å². The third-order valence-electron chi connectivity index (χ3n) is 2.81. The number of hydrogen-bond donors (Lipinski definition) is 0. The van der Waals surface area contributed by atoms with Crippen LogP contribution in [0.5, 0.6) is 0 Å². The van der Waals surface area contributed by atoms with Crippen LogP contribution >= 0.6 is 0 Å². The summed E-state index contributed by atoms with van der Waals surface area (Å²) in [5.41, 5.74) is 1.82. The van der Waals surface area contributed by atoms with Crippen LogP contribution in [0, 0.1) is 16.7 Å². The molecule has 1 heterocycles. The zero-order valence-corrected chi connectivity index (χ0v) is 10.8. The van der Waals surface area contributed by atoms with Crippen molar-refractivity contribution in [2.45, 2.75) is 41.5 Å². The highest BCUT2D eigenvalue weighted by atomic mass is 14.7. The van der Waals surface area contributed by atoms with Crippen molar-refractivity contribution >= 4 is 6.21 Å². The second-order valence-electron chi connectivity index (χ2n) is 6.38. The maximum absolute atomic E-state index is 4.32. The fourth-order valence-electron chi connectivity index (χ4n) is 1.53. The number of rotatable bonds is 0. The third kappa shape index (κ3) is 3.33. The summed E-state index contributed by atoms with van der Waals surface area (Å²) in [6, 6.07) is 0. The highest BCUT2D eigenvalue weighted by Gasteiger charge is 2.24. The maximum Gasteiger partial charge on any atom is 0.0266 e. The lowest BCUT2D eigenvalue weighted by Gasteiger charge is -2.27. The molecule has 0 bridgehead atoms. The van der Waals surface area contributed by atoms with Gasteiger partial charge in [-0.3, -0.25) is 4.99 Å². The topological polar surface area (TPSA) is 12.4 Å². The molecule has 1 heteroatoms. The van der Waals surface area contributed by atoms with Crippen LogP contribution in [0.2, 0.25) is 0 Å². The van der Waals surface area contributed by atoms with Crippen molar-refractivity contribution in [1.82, 2.24) is 0 Å². The number of aliphatic imine (C=N–C) groups is 1. The van der Waals surface area contributed by atoms with Gasteiger partial charge in [-0.2, -0.15) is 0 Å². The van der Waals surface area contributed by atoms with Gasteiger partial charge in [-0.05, 0) is 22.5 Å². The van der Waals surface area contributed by atoms with Gasteiger partial charge in [0.25, 0.3) is 0 Å². The lowest BCUT2D eigenvalue weighted by atomic mass is 9.77. The van der Waals surface area contributed by atoms with E-state index in [-0.39, 0.29) is 10.8 Å². The van der Waals surface area contributed by atoms with Gasteiger partial charge in [0.15, 0.2) is 0 Å². The lowest BCUT2D eigenvalue weighted by Crippen LogP contribution is -2.21. The molecule has 0 saturated heterocycles. The summed E-state index contributed by atoms with van der Waals surface area (Å²) in [6.45, 7) is 13.5. The largest absolute Gasteiger partial charge is 0.268 e. The monoisotopic (exact) mass is 205 g/mol. The molecule has 1 nitrogen and oxygen atoms in total. The van der Waals surface area contributed by atoms with E-state index in [9.17, 15) is 0 Å². The molecule has 1 aliphatic rings. The van der Waals surface area contributed by atoms with Crippen LogP contribution in [0.25, 0.3) is 0 Å². The van der Waals surface area contributed by atoms with Crippen molar-refractivity contribution in [2.24, 2.45) is 21.7 Å². The molecule has 1 atom stereocenters. The Labute approximate surface area is 94.0 Å². The van der Waals surface area contributed by atoms with Crippen LogP contribution in [0.3, 0.4) is 0 Å². The Kier molecular flexibility index (Phi) is 3.22. The smallest absolute Gasteiger partial charge is 0.0266 e. The van der Waals surface area contributed by atoms with E-state index in [1.54, 1.807) is 0 Å². The second kappa shape index (κ2) is 3.96. The first-order chi connectivity index (χ1) is 6.71. The van der Waals surface area contributed by atoms with Crippen LogP contribution < -0.4 is 0 Å². The molecule has 15 heavy (non-hydrogen) atoms. The maximum atomic E-state index is 4.32. The van der Waals surface area contributed by atoms with Gasteiger partial charge < -0.3 is 0 Å². The number of hydrogen-bond acceptors (Lipinski definition) is 1. The standard InChI is InChI=1S/C14H23N/c1-13(2,3)11-7-8-15-10-12(9-11)14(4,5)6/h7-10,12H,1-6H3. The molecule has 0 spiro atoms. The minimum Gasteiger partial charge on any atom is -0.268 e. The van der Waals surface area contributed by atoms with Crippen LogP contribution in [0.1, 0.15) is 41.5 Å². The molecule has 1 rings (SSSR count). The predicted molar refractivity (Wildman–Crippen MR) is 68.1 cm³/mol. The van der Waals surface area contributed by atoms with Gasteiger partial charge in [0.2, 0.25) is 0 Å². The van der Waals surface area contributed by atoms with Crippen LogP contribution in [0.15, 0.2) is 28.9 Å². The number of nitrogens with zero attached hydrogens (tertiary/aromatic N) is 1. The van der Waals surface area contributed by atoms with E-state index in [1.165, 1.54) is 5.57 Å². The van der Waals surface area contributed by atoms with Crippen LogP contribution in [-0.4, -0.2) is 6.21 Å². The van der Waals surface area contributed by atoms with Gasteiger partial charge in [-0.1, -0.05) is 47.6 Å². The summed E-state index contributed by atoms with van der Waals surface area (Å²) in [7, 11) is 0. The minimum absolute atomic E-state index is 0.202. The highest BCUT2D eigenvalue weighted by molar-refractivity contribution is 5.66. The Hall–Kier alpha value is -0.850. The summed E-state index contributed by atoms with van der Waals surface area (Å²) in [5, 5.41) is 0. The third-order valence-corrected chi connectivity index (χ3v) is 2.81. The normalized spacial score (nSPS) is 22.5. The molecule has 0 radical (unpaired) electrons. The lowest BCUT2D eigenvalue weighted by molar-refractivity contribution is 0.362. The van der Waals surface area contributed by atoms with Crippen molar-refractivity contribution in [3.63, 3.8) is 0 Å². The average molecular weight is 205 g/mol. The fourth-order valence-corrected chi connectivity index (χ4v) is 1.53. The molecule has 0 amide bonds. The first-order valence-corrected chi connectivity index (χ1v) is 5.63. The quantitative estimate of drug-likeness (QED) is 0.561. The summed E-state index contributed by atoms with van der Waals surface area (Å²) >= 11 is 0. The molecule has 0 N–H and O–H groups in total. The zero-order valence-electron chi connectivity index (χ0n) is 10.8. The van der Waals surface area contributed by atoms with Crippen molar-refractivity contribution in [3.05, 3.63) is 23.9 Å².